The number of alkyl carbamates (subject to hydrolysis) is 1. The molecular formula is C28H39N3O7. The minimum atomic E-state index is -0.944. The van der Waals surface area contributed by atoms with Crippen LogP contribution in [-0.4, -0.2) is 71.3 Å². The van der Waals surface area contributed by atoms with E-state index in [2.05, 4.69) is 11.9 Å². The first-order valence-corrected chi connectivity index (χ1v) is 12.9. The van der Waals surface area contributed by atoms with Crippen LogP contribution in [0, 0.1) is 5.92 Å². The first kappa shape index (κ1) is 29.0. The van der Waals surface area contributed by atoms with E-state index >= 15 is 0 Å². The molecular weight excluding hydrogens is 490 g/mol. The molecule has 0 aliphatic carbocycles. The molecule has 208 valence electrons. The van der Waals surface area contributed by atoms with Gasteiger partial charge in [-0.15, -0.1) is 0 Å². The summed E-state index contributed by atoms with van der Waals surface area (Å²) in [6.45, 7) is 13.6. The number of likely N-dealkylation sites (tertiary alicyclic amines) is 1. The molecule has 1 aromatic rings. The Labute approximate surface area is 224 Å². The van der Waals surface area contributed by atoms with Gasteiger partial charge in [-0.25, -0.2) is 14.4 Å². The second-order valence-electron chi connectivity index (χ2n) is 10.8. The molecule has 38 heavy (non-hydrogen) atoms. The van der Waals surface area contributed by atoms with Crippen molar-refractivity contribution in [2.45, 2.75) is 84.3 Å². The number of carbonyl (C=O) groups excluding carboxylic acids is 4. The van der Waals surface area contributed by atoms with Crippen molar-refractivity contribution < 1.29 is 33.4 Å². The Morgan fingerprint density at radius 3 is 2.53 bits per heavy atom. The molecule has 3 rings (SSSR count). The second-order valence-corrected chi connectivity index (χ2v) is 10.8. The molecule has 0 saturated carbocycles. The lowest BCUT2D eigenvalue weighted by Crippen LogP contribution is -2.55. The molecule has 0 aromatic heterocycles. The van der Waals surface area contributed by atoms with Crippen LogP contribution >= 0.6 is 0 Å². The summed E-state index contributed by atoms with van der Waals surface area (Å²) in [7, 11) is 1.24. The van der Waals surface area contributed by atoms with Crippen molar-refractivity contribution in [3.8, 4) is 0 Å². The molecule has 0 spiro atoms. The number of hydrogen-bond donors (Lipinski definition) is 1. The highest BCUT2D eigenvalue weighted by molar-refractivity contribution is 5.90. The van der Waals surface area contributed by atoms with Gasteiger partial charge in [0.15, 0.2) is 0 Å². The molecule has 2 aliphatic heterocycles. The van der Waals surface area contributed by atoms with E-state index in [0.717, 1.165) is 16.7 Å². The van der Waals surface area contributed by atoms with Gasteiger partial charge in [0.1, 0.15) is 23.8 Å². The van der Waals surface area contributed by atoms with E-state index in [1.165, 1.54) is 12.0 Å². The molecule has 10 heteroatoms. The summed E-state index contributed by atoms with van der Waals surface area (Å²) < 4.78 is 16.1. The largest absolute Gasteiger partial charge is 0.467 e. The van der Waals surface area contributed by atoms with Crippen molar-refractivity contribution in [2.75, 3.05) is 13.7 Å². The van der Waals surface area contributed by atoms with E-state index in [0.29, 0.717) is 19.5 Å². The zero-order valence-electron chi connectivity index (χ0n) is 23.1. The Hall–Kier alpha value is -3.56. The van der Waals surface area contributed by atoms with E-state index < -0.39 is 47.9 Å². The van der Waals surface area contributed by atoms with Crippen LogP contribution in [-0.2, 0) is 36.9 Å². The van der Waals surface area contributed by atoms with E-state index in [-0.39, 0.29) is 18.9 Å². The number of esters is 1. The van der Waals surface area contributed by atoms with Crippen LogP contribution in [0.15, 0.2) is 24.8 Å². The van der Waals surface area contributed by atoms with Crippen LogP contribution in [0.2, 0.25) is 0 Å². The maximum atomic E-state index is 13.7. The zero-order valence-corrected chi connectivity index (χ0v) is 23.1. The van der Waals surface area contributed by atoms with Gasteiger partial charge < -0.3 is 24.4 Å². The summed E-state index contributed by atoms with van der Waals surface area (Å²) in [5.41, 5.74) is 2.28. The lowest BCUT2D eigenvalue weighted by atomic mass is 9.97. The van der Waals surface area contributed by atoms with Crippen molar-refractivity contribution in [2.24, 2.45) is 5.92 Å². The fourth-order valence-corrected chi connectivity index (χ4v) is 4.77. The highest BCUT2D eigenvalue weighted by atomic mass is 16.6. The molecule has 2 aliphatic rings. The Bertz CT molecular complexity index is 1080. The minimum Gasteiger partial charge on any atom is -0.467 e. The molecule has 0 bridgehead atoms. The zero-order chi connectivity index (χ0) is 28.2. The summed E-state index contributed by atoms with van der Waals surface area (Å²) in [4.78, 5) is 54.8. The number of benzene rings is 1. The Balaban J connectivity index is 1.73. The number of ether oxygens (including phenoxy) is 3. The van der Waals surface area contributed by atoms with Gasteiger partial charge in [0, 0.05) is 13.0 Å². The third-order valence-electron chi connectivity index (χ3n) is 6.94. The molecule has 3 amide bonds. The number of nitrogens with zero attached hydrogens (tertiary/aromatic N) is 2. The molecule has 1 N–H and O–H groups in total. The molecule has 4 atom stereocenters. The van der Waals surface area contributed by atoms with Gasteiger partial charge in [-0.1, -0.05) is 51.1 Å². The third kappa shape index (κ3) is 6.65. The summed E-state index contributed by atoms with van der Waals surface area (Å²) in [5.74, 6) is -1.30. The molecule has 1 saturated heterocycles. The average Bonchev–Trinajstić information content (AvgIpc) is 3.49. The quantitative estimate of drug-likeness (QED) is 0.421. The van der Waals surface area contributed by atoms with Crippen molar-refractivity contribution >= 4 is 30.1 Å². The number of carbonyl (C=O) groups is 4. The van der Waals surface area contributed by atoms with E-state index in [1.54, 1.807) is 31.7 Å². The number of nitrogens with one attached hydrogen (secondary N) is 1. The lowest BCUT2D eigenvalue weighted by molar-refractivity contribution is -0.152. The van der Waals surface area contributed by atoms with Gasteiger partial charge in [-0.05, 0) is 43.4 Å². The maximum absolute atomic E-state index is 13.7. The van der Waals surface area contributed by atoms with Crippen molar-refractivity contribution in [1.29, 1.82) is 0 Å². The van der Waals surface area contributed by atoms with Crippen molar-refractivity contribution in [3.05, 3.63) is 41.5 Å². The van der Waals surface area contributed by atoms with Gasteiger partial charge >= 0.3 is 18.2 Å². The van der Waals surface area contributed by atoms with E-state index in [9.17, 15) is 19.2 Å². The SMILES string of the molecule is C=Cc1cccc2c1CN(C(=O)O[C@@H]1C[C@@H](C(=O)OC)N(C(=O)[C@@H](NC(=O)OC(C)(C)C)[C@@H](C)CC)C1)C2. The topological polar surface area (TPSA) is 114 Å². The number of amides is 3. The normalized spacial score (nSPS) is 20.3. The van der Waals surface area contributed by atoms with Gasteiger partial charge in [0.05, 0.1) is 20.2 Å². The van der Waals surface area contributed by atoms with Crippen LogP contribution in [0.4, 0.5) is 9.59 Å². The number of methoxy groups -OCH3 is 1. The summed E-state index contributed by atoms with van der Waals surface area (Å²) in [6, 6.07) is 3.96. The van der Waals surface area contributed by atoms with E-state index in [1.807, 2.05) is 32.0 Å². The lowest BCUT2D eigenvalue weighted by Gasteiger charge is -2.31. The smallest absolute Gasteiger partial charge is 0.410 e. The van der Waals surface area contributed by atoms with Crippen LogP contribution in [0.3, 0.4) is 0 Å². The molecule has 10 nitrogen and oxygen atoms in total. The van der Waals surface area contributed by atoms with Crippen LogP contribution in [0.1, 0.15) is 64.2 Å². The summed E-state index contributed by atoms with van der Waals surface area (Å²) >= 11 is 0. The minimum absolute atomic E-state index is 0.00592. The molecule has 2 heterocycles. The van der Waals surface area contributed by atoms with Crippen LogP contribution in [0.25, 0.3) is 6.08 Å². The standard InChI is InChI=1S/C28H39N3O7/c1-8-17(3)23(29-26(34)38-28(4,5)6)24(32)31-15-20(13-22(31)25(33)36-7)37-27(35)30-14-19-12-10-11-18(9-2)21(19)16-30/h9-12,17,20,22-23H,2,8,13-16H2,1,3-7H3,(H,29,34)/t17-,20+,22-,23-/m0/s1. The van der Waals surface area contributed by atoms with Gasteiger partial charge in [-0.3, -0.25) is 9.69 Å². The average molecular weight is 530 g/mol. The monoisotopic (exact) mass is 529 g/mol. The number of fused-ring (bicyclic) bond motifs is 1. The van der Waals surface area contributed by atoms with Crippen molar-refractivity contribution in [1.82, 2.24) is 15.1 Å². The number of rotatable bonds is 7. The Morgan fingerprint density at radius 1 is 1.21 bits per heavy atom. The Kier molecular flexibility index (Phi) is 9.06. The third-order valence-corrected chi connectivity index (χ3v) is 6.94. The number of hydrogen-bond acceptors (Lipinski definition) is 7. The fraction of sp³-hybridized carbons (Fsp3) is 0.571. The first-order chi connectivity index (χ1) is 17.9. The molecule has 0 unspecified atom stereocenters. The summed E-state index contributed by atoms with van der Waals surface area (Å²) in [6.07, 6.45) is 0.502. The molecule has 1 fully saturated rings. The molecule has 0 radical (unpaired) electrons. The highest BCUT2D eigenvalue weighted by Gasteiger charge is 2.45. The Morgan fingerprint density at radius 2 is 1.92 bits per heavy atom. The predicted molar refractivity (Wildman–Crippen MR) is 141 cm³/mol. The maximum Gasteiger partial charge on any atom is 0.410 e. The second kappa shape index (κ2) is 11.9. The van der Waals surface area contributed by atoms with Crippen LogP contribution in [0.5, 0.6) is 0 Å². The van der Waals surface area contributed by atoms with Gasteiger partial charge in [0.25, 0.3) is 0 Å². The van der Waals surface area contributed by atoms with Crippen molar-refractivity contribution in [3.63, 3.8) is 0 Å². The molecule has 1 aromatic carbocycles. The van der Waals surface area contributed by atoms with Gasteiger partial charge in [0.2, 0.25) is 5.91 Å². The first-order valence-electron chi connectivity index (χ1n) is 12.9. The summed E-state index contributed by atoms with van der Waals surface area (Å²) in [5, 5.41) is 2.67. The highest BCUT2D eigenvalue weighted by Crippen LogP contribution is 2.29. The van der Waals surface area contributed by atoms with Crippen LogP contribution < -0.4 is 5.32 Å². The predicted octanol–water partition coefficient (Wildman–Crippen LogP) is 3.86. The van der Waals surface area contributed by atoms with E-state index in [4.69, 9.17) is 14.2 Å². The van der Waals surface area contributed by atoms with Gasteiger partial charge in [-0.2, -0.15) is 0 Å². The fourth-order valence-electron chi connectivity index (χ4n) is 4.77.